The maximum absolute atomic E-state index is 12.9. The number of unbranched alkanes of at least 4 members (excludes halogenated alkanes) is 25. The van der Waals surface area contributed by atoms with E-state index in [0.29, 0.717) is 17.4 Å². The predicted octanol–water partition coefficient (Wildman–Crippen LogP) is 20.0. The van der Waals surface area contributed by atoms with Crippen LogP contribution in [-0.2, 0) is 33.3 Å². The Hall–Kier alpha value is -4.57. The topological polar surface area (TPSA) is 111 Å². The van der Waals surface area contributed by atoms with Gasteiger partial charge in [0, 0.05) is 12.8 Å². The van der Waals surface area contributed by atoms with Crippen LogP contribution in [0.1, 0.15) is 271 Å². The fourth-order valence-corrected chi connectivity index (χ4v) is 9.15. The van der Waals surface area contributed by atoms with E-state index in [1.807, 2.05) is 21.1 Å². The smallest absolute Gasteiger partial charge is 0.306 e. The summed E-state index contributed by atoms with van der Waals surface area (Å²) in [6.45, 7) is 4.59. The van der Waals surface area contributed by atoms with E-state index >= 15 is 0 Å². The lowest BCUT2D eigenvalue weighted by molar-refractivity contribution is -0.870. The van der Waals surface area contributed by atoms with Crippen molar-refractivity contribution in [1.29, 1.82) is 0 Å². The van der Waals surface area contributed by atoms with Crippen LogP contribution in [-0.4, -0.2) is 82.3 Å². The van der Waals surface area contributed by atoms with Crippen LogP contribution in [0.15, 0.2) is 134 Å². The number of nitrogens with zero attached hydrogens (tertiary/aromatic N) is 1. The van der Waals surface area contributed by atoms with Crippen LogP contribution in [0.25, 0.3) is 0 Å². The lowest BCUT2D eigenvalue weighted by Crippen LogP contribution is -2.44. The first kappa shape index (κ1) is 80.4. The maximum atomic E-state index is 12.9. The summed E-state index contributed by atoms with van der Waals surface area (Å²) in [5, 5.41) is 11.8. The van der Waals surface area contributed by atoms with Crippen LogP contribution in [0.3, 0.4) is 0 Å². The molecule has 0 amide bonds. The summed E-state index contributed by atoms with van der Waals surface area (Å²) in [5.41, 5.74) is 0. The molecule has 0 N–H and O–H groups in total. The minimum absolute atomic E-state index is 0.133. The number of allylic oxidation sites excluding steroid dienone is 22. The highest BCUT2D eigenvalue weighted by Gasteiger charge is 2.22. The summed E-state index contributed by atoms with van der Waals surface area (Å²) in [5.74, 6) is -2.35. The Kier molecular flexibility index (Phi) is 61.9. The molecule has 0 bridgehead atoms. The number of carbonyl (C=O) groups excluding carboxylic acids is 3. The van der Waals surface area contributed by atoms with Crippen molar-refractivity contribution in [2.45, 2.75) is 283 Å². The van der Waals surface area contributed by atoms with Gasteiger partial charge < -0.3 is 33.3 Å². The van der Waals surface area contributed by atoms with Gasteiger partial charge in [0.15, 0.2) is 12.4 Å². The zero-order valence-corrected chi connectivity index (χ0v) is 55.2. The Labute approximate surface area is 522 Å². The monoisotopic (exact) mass is 1180 g/mol. The van der Waals surface area contributed by atoms with Crippen LogP contribution in [0, 0.1) is 0 Å². The molecule has 0 radical (unpaired) electrons. The maximum Gasteiger partial charge on any atom is 0.306 e. The predicted molar refractivity (Wildman–Crippen MR) is 361 cm³/mol. The normalized spacial score (nSPS) is 13.6. The number of aliphatic carboxylic acids is 1. The highest BCUT2D eigenvalue weighted by molar-refractivity contribution is 5.70. The van der Waals surface area contributed by atoms with Gasteiger partial charge in [0.2, 0.25) is 0 Å². The quantitative estimate of drug-likeness (QED) is 0.0195. The molecular formula is C76H127NO8. The second-order valence-electron chi connectivity index (χ2n) is 23.7. The second-order valence-corrected chi connectivity index (χ2v) is 23.7. The van der Waals surface area contributed by atoms with Crippen LogP contribution in [0.5, 0.6) is 0 Å². The fraction of sp³-hybridized carbons (Fsp3) is 0.671. The average molecular weight is 1180 g/mol. The molecule has 0 heterocycles. The van der Waals surface area contributed by atoms with Crippen molar-refractivity contribution in [2.24, 2.45) is 0 Å². The summed E-state index contributed by atoms with van der Waals surface area (Å²) in [4.78, 5) is 37.4. The lowest BCUT2D eigenvalue weighted by Gasteiger charge is -2.26. The molecule has 85 heavy (non-hydrogen) atoms. The van der Waals surface area contributed by atoms with E-state index < -0.39 is 24.3 Å². The molecule has 484 valence electrons. The van der Waals surface area contributed by atoms with Gasteiger partial charge in [0.1, 0.15) is 13.2 Å². The Morgan fingerprint density at radius 2 is 0.671 bits per heavy atom. The number of esters is 2. The third kappa shape index (κ3) is 66.8. The average Bonchev–Trinajstić information content (AvgIpc) is 3.49. The first-order valence-corrected chi connectivity index (χ1v) is 34.3. The summed E-state index contributed by atoms with van der Waals surface area (Å²) in [7, 11) is 5.91. The van der Waals surface area contributed by atoms with Gasteiger partial charge in [-0.15, -0.1) is 0 Å². The van der Waals surface area contributed by atoms with Crippen molar-refractivity contribution in [3.05, 3.63) is 134 Å². The van der Waals surface area contributed by atoms with Crippen LogP contribution >= 0.6 is 0 Å². The van der Waals surface area contributed by atoms with E-state index in [9.17, 15) is 19.5 Å². The lowest BCUT2D eigenvalue weighted by atomic mass is 10.0. The SMILES string of the molecule is CC/C=C\C/C=C\C/C=C\C/C=C\C/C=C\C/C=C\C/C=C\C/C=C\C/C=C\C/C=C\CCCCC(=O)OC(COC(=O)CCCCCCCCCCCCCCCCC/C=C\CCCCCCCCCC)COC(OCC[N+](C)(C)C)C(=O)[O-]. The van der Waals surface area contributed by atoms with Crippen LogP contribution < -0.4 is 5.11 Å². The molecule has 0 fully saturated rings. The summed E-state index contributed by atoms with van der Waals surface area (Å²) in [6, 6.07) is 0. The van der Waals surface area contributed by atoms with E-state index in [1.54, 1.807) is 0 Å². The third-order valence-corrected chi connectivity index (χ3v) is 14.4. The van der Waals surface area contributed by atoms with Gasteiger partial charge in [-0.3, -0.25) is 9.59 Å². The Morgan fingerprint density at radius 1 is 0.365 bits per heavy atom. The Morgan fingerprint density at radius 3 is 1.04 bits per heavy atom. The minimum Gasteiger partial charge on any atom is -0.545 e. The van der Waals surface area contributed by atoms with Crippen molar-refractivity contribution in [2.75, 3.05) is 47.5 Å². The number of carboxylic acids is 1. The molecule has 0 aliphatic rings. The number of carbonyl (C=O) groups is 3. The molecule has 0 saturated heterocycles. The number of hydrogen-bond acceptors (Lipinski definition) is 8. The number of carboxylic acid groups (broad SMARTS) is 1. The van der Waals surface area contributed by atoms with E-state index in [-0.39, 0.29) is 38.6 Å². The molecular weight excluding hydrogens is 1050 g/mol. The van der Waals surface area contributed by atoms with E-state index in [2.05, 4.69) is 148 Å². The Bertz CT molecular complexity index is 1860. The molecule has 0 aromatic carbocycles. The molecule has 0 aliphatic carbocycles. The number of quaternary nitrogens is 1. The van der Waals surface area contributed by atoms with Gasteiger partial charge in [-0.05, 0) is 116 Å². The first-order chi connectivity index (χ1) is 41.6. The number of likely N-dealkylation sites (N-methyl/N-ethyl adjacent to an activating group) is 1. The van der Waals surface area contributed by atoms with E-state index in [1.165, 1.54) is 141 Å². The highest BCUT2D eigenvalue weighted by Crippen LogP contribution is 2.16. The van der Waals surface area contributed by atoms with Crippen molar-refractivity contribution in [3.63, 3.8) is 0 Å². The molecule has 0 saturated carbocycles. The van der Waals surface area contributed by atoms with Crippen molar-refractivity contribution >= 4 is 17.9 Å². The Balaban J connectivity index is 4.27. The number of ether oxygens (including phenoxy) is 4. The van der Waals surface area contributed by atoms with Gasteiger partial charge in [-0.2, -0.15) is 0 Å². The van der Waals surface area contributed by atoms with E-state index in [0.717, 1.165) is 96.3 Å². The number of rotatable bonds is 62. The van der Waals surface area contributed by atoms with Gasteiger partial charge in [-0.25, -0.2) is 0 Å². The van der Waals surface area contributed by atoms with Gasteiger partial charge in [-0.1, -0.05) is 276 Å². The fourth-order valence-electron chi connectivity index (χ4n) is 9.15. The van der Waals surface area contributed by atoms with Gasteiger partial charge in [0.05, 0.1) is 40.3 Å². The largest absolute Gasteiger partial charge is 0.545 e. The second kappa shape index (κ2) is 65.4. The molecule has 9 heteroatoms. The molecule has 0 aliphatic heterocycles. The van der Waals surface area contributed by atoms with Crippen LogP contribution in [0.4, 0.5) is 0 Å². The molecule has 9 nitrogen and oxygen atoms in total. The van der Waals surface area contributed by atoms with Crippen LogP contribution in [0.2, 0.25) is 0 Å². The summed E-state index contributed by atoms with van der Waals surface area (Å²) in [6.07, 6.45) is 91.0. The standard InChI is InChI=1S/C76H127NO8/c1-6-8-10-12-14-16-18-20-22-24-26-28-30-32-34-35-36-37-38-39-41-43-45-47-49-51-53-55-57-59-61-63-65-67-74(79)85-72(71-84-76(75(80)81)82-69-68-77(3,4)5)70-83-73(78)66-64-62-60-58-56-54-52-50-48-46-44-42-40-33-31-29-27-25-23-21-19-17-15-13-11-9-7-2/h8,10,14,16,20,22,25-28,32,34,36-37,39,41,45,47,51,53,57,59,72,76H,6-7,9,11-13,15,17-19,21,23-24,29-31,33,35,38,40,42-44,46,48-50,52,54-56,58,60-71H2,1-5H3/b10-8-,16-14-,22-20-,27-25-,28-26-,34-32-,37-36-,41-39-,47-45-,53-51-,59-57-. The zero-order valence-electron chi connectivity index (χ0n) is 55.2. The summed E-state index contributed by atoms with van der Waals surface area (Å²) < 4.78 is 22.7. The zero-order chi connectivity index (χ0) is 61.9. The highest BCUT2D eigenvalue weighted by atomic mass is 16.7. The molecule has 2 atom stereocenters. The van der Waals surface area contributed by atoms with Crippen molar-refractivity contribution < 1.29 is 42.9 Å². The molecule has 0 spiro atoms. The molecule has 0 aromatic heterocycles. The van der Waals surface area contributed by atoms with Gasteiger partial charge in [0.25, 0.3) is 0 Å². The van der Waals surface area contributed by atoms with Crippen molar-refractivity contribution in [1.82, 2.24) is 0 Å². The number of hydrogen-bond donors (Lipinski definition) is 0. The summed E-state index contributed by atoms with van der Waals surface area (Å²) >= 11 is 0. The molecule has 0 rings (SSSR count). The van der Waals surface area contributed by atoms with E-state index in [4.69, 9.17) is 18.9 Å². The van der Waals surface area contributed by atoms with Crippen molar-refractivity contribution in [3.8, 4) is 0 Å². The first-order valence-electron chi connectivity index (χ1n) is 34.3. The third-order valence-electron chi connectivity index (χ3n) is 14.4. The van der Waals surface area contributed by atoms with Gasteiger partial charge >= 0.3 is 11.9 Å². The molecule has 2 unspecified atom stereocenters. The minimum atomic E-state index is -1.64. The molecule has 0 aromatic rings.